The smallest absolute Gasteiger partial charge is 0.325 e. The summed E-state index contributed by atoms with van der Waals surface area (Å²) >= 11 is 0. The third-order valence-electron chi connectivity index (χ3n) is 6.26. The molecule has 1 fully saturated rings. The second-order valence-electron chi connectivity index (χ2n) is 7.90. The first kappa shape index (κ1) is 19.0. The number of H-pyrrole nitrogens is 2. The summed E-state index contributed by atoms with van der Waals surface area (Å²) in [7, 11) is 0. The highest BCUT2D eigenvalue weighted by atomic mass is 16.2. The molecular weight excluding hydrogens is 396 g/mol. The van der Waals surface area contributed by atoms with Gasteiger partial charge >= 0.3 is 5.69 Å². The van der Waals surface area contributed by atoms with Gasteiger partial charge in [-0.15, -0.1) is 0 Å². The number of carbonyl (C=O) groups is 2. The zero-order valence-electron chi connectivity index (χ0n) is 16.6. The molecule has 5 rings (SSSR count). The van der Waals surface area contributed by atoms with Crippen molar-refractivity contribution in [3.63, 3.8) is 0 Å². The largest absolute Gasteiger partial charge is 0.334 e. The van der Waals surface area contributed by atoms with E-state index in [1.54, 1.807) is 4.90 Å². The van der Waals surface area contributed by atoms with Crippen molar-refractivity contribution in [2.75, 3.05) is 11.9 Å². The van der Waals surface area contributed by atoms with Crippen LogP contribution in [0.4, 0.5) is 5.69 Å². The van der Waals surface area contributed by atoms with E-state index in [9.17, 15) is 19.2 Å². The third-order valence-corrected chi connectivity index (χ3v) is 6.26. The number of fused-ring (bicyclic) bond motifs is 2. The van der Waals surface area contributed by atoms with Crippen LogP contribution in [0.5, 0.6) is 0 Å². The van der Waals surface area contributed by atoms with Crippen LogP contribution in [-0.2, 0) is 21.4 Å². The van der Waals surface area contributed by atoms with Crippen molar-refractivity contribution in [3.05, 3.63) is 98.3 Å². The maximum atomic E-state index is 13.3. The van der Waals surface area contributed by atoms with Gasteiger partial charge < -0.3 is 15.2 Å². The van der Waals surface area contributed by atoms with Crippen molar-refractivity contribution in [1.29, 1.82) is 0 Å². The lowest BCUT2D eigenvalue weighted by atomic mass is 9.72. The number of anilines is 1. The van der Waals surface area contributed by atoms with Crippen LogP contribution in [0, 0.1) is 0 Å². The number of para-hydroxylation sites is 1. The Balaban J connectivity index is 1.59. The van der Waals surface area contributed by atoms with Gasteiger partial charge in [-0.25, -0.2) is 4.79 Å². The highest BCUT2D eigenvalue weighted by molar-refractivity contribution is 6.07. The van der Waals surface area contributed by atoms with Crippen molar-refractivity contribution in [2.24, 2.45) is 0 Å². The second-order valence-corrected chi connectivity index (χ2v) is 7.90. The molecule has 2 atom stereocenters. The lowest BCUT2D eigenvalue weighted by molar-refractivity contribution is -0.132. The van der Waals surface area contributed by atoms with E-state index in [4.69, 9.17) is 0 Å². The molecule has 31 heavy (non-hydrogen) atoms. The van der Waals surface area contributed by atoms with Crippen molar-refractivity contribution in [2.45, 2.75) is 24.3 Å². The fourth-order valence-electron chi connectivity index (χ4n) is 4.89. The van der Waals surface area contributed by atoms with Gasteiger partial charge in [-0.05, 0) is 23.6 Å². The molecule has 156 valence electrons. The van der Waals surface area contributed by atoms with E-state index in [1.165, 1.54) is 6.20 Å². The monoisotopic (exact) mass is 416 g/mol. The van der Waals surface area contributed by atoms with Gasteiger partial charge in [0.25, 0.3) is 5.56 Å². The number of aromatic amines is 2. The zero-order chi connectivity index (χ0) is 21.6. The minimum absolute atomic E-state index is 0.125. The first-order valence-corrected chi connectivity index (χ1v) is 10.1. The van der Waals surface area contributed by atoms with Gasteiger partial charge in [0.2, 0.25) is 11.8 Å². The molecule has 8 heteroatoms. The standard InChI is InChI=1S/C23H20N4O4/c28-18(12-15-13-24-22(31)26-20(15)29)27-11-10-23(19(27)14-6-2-1-3-7-14)16-8-4-5-9-17(16)25-21(23)30/h1-9,13,19H,10-12H2,(H,25,30)(H2,24,26,29,31). The van der Waals surface area contributed by atoms with Crippen LogP contribution in [-0.4, -0.2) is 33.2 Å². The minimum atomic E-state index is -0.898. The lowest BCUT2D eigenvalue weighted by Gasteiger charge is -2.34. The van der Waals surface area contributed by atoms with Gasteiger partial charge in [0.15, 0.2) is 0 Å². The molecular formula is C23H20N4O4. The zero-order valence-corrected chi connectivity index (χ0v) is 16.6. The fourth-order valence-corrected chi connectivity index (χ4v) is 4.89. The molecule has 8 nitrogen and oxygen atoms in total. The van der Waals surface area contributed by atoms with Gasteiger partial charge in [-0.2, -0.15) is 0 Å². The number of nitrogens with zero attached hydrogens (tertiary/aromatic N) is 1. The number of benzene rings is 2. The Labute approximate surface area is 176 Å². The summed E-state index contributed by atoms with van der Waals surface area (Å²) in [5.41, 5.74) is 0.564. The fraction of sp³-hybridized carbons (Fsp3) is 0.217. The number of hydrogen-bond acceptors (Lipinski definition) is 4. The Kier molecular flexibility index (Phi) is 4.35. The van der Waals surface area contributed by atoms with E-state index in [1.807, 2.05) is 54.6 Å². The predicted molar refractivity (Wildman–Crippen MR) is 114 cm³/mol. The van der Waals surface area contributed by atoms with Crippen LogP contribution < -0.4 is 16.6 Å². The Hall–Kier alpha value is -3.94. The van der Waals surface area contributed by atoms with Crippen molar-refractivity contribution < 1.29 is 9.59 Å². The molecule has 1 aromatic heterocycles. The van der Waals surface area contributed by atoms with E-state index < -0.39 is 22.7 Å². The summed E-state index contributed by atoms with van der Waals surface area (Å²) in [6, 6.07) is 16.6. The maximum Gasteiger partial charge on any atom is 0.325 e. The molecule has 0 saturated carbocycles. The van der Waals surface area contributed by atoms with Gasteiger partial charge in [0, 0.05) is 24.0 Å². The SMILES string of the molecule is O=C(Cc1c[nH]c(=O)[nH]c1=O)N1CCC2(C(=O)Nc3ccccc32)C1c1ccccc1. The van der Waals surface area contributed by atoms with Crippen LogP contribution in [0.25, 0.3) is 0 Å². The van der Waals surface area contributed by atoms with Crippen LogP contribution in [0.1, 0.15) is 29.2 Å². The molecule has 2 aliphatic rings. The Morgan fingerprint density at radius 2 is 1.77 bits per heavy atom. The first-order chi connectivity index (χ1) is 15.0. The number of likely N-dealkylation sites (tertiary alicyclic amines) is 1. The Morgan fingerprint density at radius 1 is 1.03 bits per heavy atom. The number of rotatable bonds is 3. The van der Waals surface area contributed by atoms with E-state index in [2.05, 4.69) is 15.3 Å². The lowest BCUT2D eigenvalue weighted by Crippen LogP contribution is -2.43. The minimum Gasteiger partial charge on any atom is -0.334 e. The molecule has 3 heterocycles. The number of hydrogen-bond donors (Lipinski definition) is 3. The molecule has 2 unspecified atom stereocenters. The number of carbonyl (C=O) groups excluding carboxylic acids is 2. The highest BCUT2D eigenvalue weighted by Gasteiger charge is 2.59. The van der Waals surface area contributed by atoms with E-state index in [0.717, 1.165) is 16.8 Å². The molecule has 3 N–H and O–H groups in total. The summed E-state index contributed by atoms with van der Waals surface area (Å²) < 4.78 is 0. The average Bonchev–Trinajstić information content (AvgIpc) is 3.30. The number of nitrogens with one attached hydrogen (secondary N) is 3. The van der Waals surface area contributed by atoms with Crippen molar-refractivity contribution in [3.8, 4) is 0 Å². The molecule has 1 spiro atoms. The van der Waals surface area contributed by atoms with E-state index in [0.29, 0.717) is 13.0 Å². The number of amides is 2. The summed E-state index contributed by atoms with van der Waals surface area (Å²) in [5, 5.41) is 2.98. The molecule has 2 amide bonds. The first-order valence-electron chi connectivity index (χ1n) is 10.1. The quantitative estimate of drug-likeness (QED) is 0.600. The third kappa shape index (κ3) is 2.91. The topological polar surface area (TPSA) is 115 Å². The average molecular weight is 416 g/mol. The second kappa shape index (κ2) is 7.09. The summed E-state index contributed by atoms with van der Waals surface area (Å²) in [4.78, 5) is 56.3. The molecule has 0 aliphatic carbocycles. The van der Waals surface area contributed by atoms with Crippen LogP contribution in [0.15, 0.2) is 70.4 Å². The summed E-state index contributed by atoms with van der Waals surface area (Å²) in [5.74, 6) is -0.403. The van der Waals surface area contributed by atoms with Gasteiger partial charge in [-0.3, -0.25) is 19.4 Å². The number of aromatic nitrogens is 2. The highest BCUT2D eigenvalue weighted by Crippen LogP contribution is 2.54. The van der Waals surface area contributed by atoms with Crippen LogP contribution in [0.2, 0.25) is 0 Å². The molecule has 0 bridgehead atoms. The molecule has 2 aliphatic heterocycles. The molecule has 1 saturated heterocycles. The van der Waals surface area contributed by atoms with E-state index >= 15 is 0 Å². The van der Waals surface area contributed by atoms with Crippen LogP contribution in [0.3, 0.4) is 0 Å². The van der Waals surface area contributed by atoms with Crippen molar-refractivity contribution in [1.82, 2.24) is 14.9 Å². The van der Waals surface area contributed by atoms with E-state index in [-0.39, 0.29) is 23.8 Å². The molecule has 0 radical (unpaired) electrons. The Morgan fingerprint density at radius 3 is 2.55 bits per heavy atom. The molecule has 3 aromatic rings. The van der Waals surface area contributed by atoms with Gasteiger partial charge in [0.05, 0.1) is 12.5 Å². The Bertz CT molecular complexity index is 1300. The normalized spacial score (nSPS) is 21.9. The van der Waals surface area contributed by atoms with Gasteiger partial charge in [-0.1, -0.05) is 48.5 Å². The van der Waals surface area contributed by atoms with Crippen LogP contribution >= 0.6 is 0 Å². The summed E-state index contributed by atoms with van der Waals surface area (Å²) in [6.07, 6.45) is 1.57. The maximum absolute atomic E-state index is 13.3. The predicted octanol–water partition coefficient (Wildman–Crippen LogP) is 1.47. The van der Waals surface area contributed by atoms with Crippen molar-refractivity contribution >= 4 is 17.5 Å². The summed E-state index contributed by atoms with van der Waals surface area (Å²) in [6.45, 7) is 0.376. The molecule has 2 aromatic carbocycles. The van der Waals surface area contributed by atoms with Gasteiger partial charge in [0.1, 0.15) is 5.41 Å².